The van der Waals surface area contributed by atoms with E-state index < -0.39 is 0 Å². The normalized spacial score (nSPS) is 14.4. The summed E-state index contributed by atoms with van der Waals surface area (Å²) in [5.41, 5.74) is 3.38. The first-order valence-electron chi connectivity index (χ1n) is 9.47. The average Bonchev–Trinajstić information content (AvgIpc) is 3.59. The Kier molecular flexibility index (Phi) is 5.06. The monoisotopic (exact) mass is 373 g/mol. The molecule has 3 aromatic rings. The van der Waals surface area contributed by atoms with E-state index >= 15 is 0 Å². The SMILES string of the molecule is COc1cccc(-c2ccc(C(=O)N(C)C(c3ccccn3)C3CC3)cc2)n1. The van der Waals surface area contributed by atoms with Gasteiger partial charge in [-0.3, -0.25) is 9.78 Å². The summed E-state index contributed by atoms with van der Waals surface area (Å²) in [5.74, 6) is 1.07. The van der Waals surface area contributed by atoms with Crippen LogP contribution in [-0.4, -0.2) is 34.9 Å². The second-order valence-corrected chi connectivity index (χ2v) is 7.10. The van der Waals surface area contributed by atoms with Crippen molar-refractivity contribution in [2.45, 2.75) is 18.9 Å². The molecule has 5 heteroatoms. The maximum absolute atomic E-state index is 13.1. The quantitative estimate of drug-likeness (QED) is 0.644. The molecule has 0 saturated heterocycles. The fourth-order valence-corrected chi connectivity index (χ4v) is 3.52. The van der Waals surface area contributed by atoms with Gasteiger partial charge < -0.3 is 9.64 Å². The summed E-state index contributed by atoms with van der Waals surface area (Å²) in [4.78, 5) is 23.9. The van der Waals surface area contributed by atoms with Crippen molar-refractivity contribution in [1.82, 2.24) is 14.9 Å². The molecule has 1 saturated carbocycles. The Morgan fingerprint density at radius 1 is 1.07 bits per heavy atom. The van der Waals surface area contributed by atoms with Gasteiger partial charge in [0.1, 0.15) is 0 Å². The molecule has 28 heavy (non-hydrogen) atoms. The number of carbonyl (C=O) groups excluding carboxylic acids is 1. The number of hydrogen-bond acceptors (Lipinski definition) is 4. The van der Waals surface area contributed by atoms with Crippen LogP contribution in [0.4, 0.5) is 0 Å². The molecule has 1 atom stereocenters. The van der Waals surface area contributed by atoms with Crippen LogP contribution in [0.5, 0.6) is 5.88 Å². The lowest BCUT2D eigenvalue weighted by atomic mass is 10.0. The highest BCUT2D eigenvalue weighted by Crippen LogP contribution is 2.43. The van der Waals surface area contributed by atoms with E-state index in [0.29, 0.717) is 17.4 Å². The molecule has 2 heterocycles. The van der Waals surface area contributed by atoms with E-state index in [1.165, 1.54) is 0 Å². The van der Waals surface area contributed by atoms with Gasteiger partial charge >= 0.3 is 0 Å². The fourth-order valence-electron chi connectivity index (χ4n) is 3.52. The van der Waals surface area contributed by atoms with Crippen LogP contribution in [0.2, 0.25) is 0 Å². The zero-order chi connectivity index (χ0) is 19.5. The summed E-state index contributed by atoms with van der Waals surface area (Å²) < 4.78 is 5.19. The minimum absolute atomic E-state index is 0.00713. The van der Waals surface area contributed by atoms with Gasteiger partial charge in [0.2, 0.25) is 5.88 Å². The number of nitrogens with zero attached hydrogens (tertiary/aromatic N) is 3. The zero-order valence-corrected chi connectivity index (χ0v) is 16.1. The van der Waals surface area contributed by atoms with E-state index in [9.17, 15) is 4.79 Å². The topological polar surface area (TPSA) is 55.3 Å². The van der Waals surface area contributed by atoms with Gasteiger partial charge in [0.25, 0.3) is 5.91 Å². The third-order valence-electron chi connectivity index (χ3n) is 5.16. The molecule has 2 aromatic heterocycles. The first kappa shape index (κ1) is 18.2. The molecule has 0 radical (unpaired) electrons. The minimum Gasteiger partial charge on any atom is -0.481 e. The molecule has 0 aliphatic heterocycles. The molecule has 142 valence electrons. The first-order valence-corrected chi connectivity index (χ1v) is 9.47. The molecule has 1 aliphatic carbocycles. The van der Waals surface area contributed by atoms with E-state index in [-0.39, 0.29) is 11.9 Å². The fraction of sp³-hybridized carbons (Fsp3) is 0.261. The van der Waals surface area contributed by atoms with Crippen molar-refractivity contribution in [1.29, 1.82) is 0 Å². The third-order valence-corrected chi connectivity index (χ3v) is 5.16. The Hall–Kier alpha value is -3.21. The van der Waals surface area contributed by atoms with Crippen LogP contribution in [0.25, 0.3) is 11.3 Å². The number of methoxy groups -OCH3 is 1. The summed E-state index contributed by atoms with van der Waals surface area (Å²) in [6, 6.07) is 19.1. The van der Waals surface area contributed by atoms with Gasteiger partial charge in [-0.05, 0) is 49.1 Å². The lowest BCUT2D eigenvalue weighted by molar-refractivity contribution is 0.0707. The van der Waals surface area contributed by atoms with Crippen molar-refractivity contribution in [3.05, 3.63) is 78.1 Å². The highest BCUT2D eigenvalue weighted by atomic mass is 16.5. The number of benzene rings is 1. The van der Waals surface area contributed by atoms with E-state index in [2.05, 4.69) is 9.97 Å². The summed E-state index contributed by atoms with van der Waals surface area (Å²) >= 11 is 0. The Bertz CT molecular complexity index is 953. The smallest absolute Gasteiger partial charge is 0.254 e. The molecule has 1 aliphatic rings. The predicted molar refractivity (Wildman–Crippen MR) is 108 cm³/mol. The van der Waals surface area contributed by atoms with E-state index in [0.717, 1.165) is 29.8 Å². The maximum Gasteiger partial charge on any atom is 0.254 e. The number of rotatable bonds is 6. The van der Waals surface area contributed by atoms with E-state index in [1.807, 2.05) is 72.6 Å². The Labute approximate surface area is 165 Å². The molecule has 1 fully saturated rings. The van der Waals surface area contributed by atoms with Crippen LogP contribution in [0.1, 0.15) is 34.9 Å². The van der Waals surface area contributed by atoms with Gasteiger partial charge in [0.05, 0.1) is 24.5 Å². The molecule has 0 N–H and O–H groups in total. The number of carbonyl (C=O) groups is 1. The van der Waals surface area contributed by atoms with Gasteiger partial charge in [0.15, 0.2) is 0 Å². The highest BCUT2D eigenvalue weighted by Gasteiger charge is 2.37. The lowest BCUT2D eigenvalue weighted by Crippen LogP contribution is -2.33. The molecule has 5 nitrogen and oxygen atoms in total. The van der Waals surface area contributed by atoms with Gasteiger partial charge in [0, 0.05) is 30.4 Å². The zero-order valence-electron chi connectivity index (χ0n) is 16.1. The molecular formula is C23H23N3O2. The largest absolute Gasteiger partial charge is 0.481 e. The molecular weight excluding hydrogens is 350 g/mol. The summed E-state index contributed by atoms with van der Waals surface area (Å²) in [6.07, 6.45) is 4.07. The molecule has 1 aromatic carbocycles. The van der Waals surface area contributed by atoms with Crippen LogP contribution >= 0.6 is 0 Å². The van der Waals surface area contributed by atoms with E-state index in [1.54, 1.807) is 13.3 Å². The number of ether oxygens (including phenoxy) is 1. The predicted octanol–water partition coefficient (Wildman–Crippen LogP) is 4.38. The molecule has 4 rings (SSSR count). The van der Waals surface area contributed by atoms with Gasteiger partial charge in [-0.1, -0.05) is 24.3 Å². The van der Waals surface area contributed by atoms with Crippen molar-refractivity contribution < 1.29 is 9.53 Å². The van der Waals surface area contributed by atoms with Gasteiger partial charge in [-0.15, -0.1) is 0 Å². The van der Waals surface area contributed by atoms with Crippen molar-refractivity contribution in [2.24, 2.45) is 5.92 Å². The maximum atomic E-state index is 13.1. The van der Waals surface area contributed by atoms with Crippen molar-refractivity contribution in [3.8, 4) is 17.1 Å². The van der Waals surface area contributed by atoms with Crippen molar-refractivity contribution in [2.75, 3.05) is 14.2 Å². The highest BCUT2D eigenvalue weighted by molar-refractivity contribution is 5.94. The lowest BCUT2D eigenvalue weighted by Gasteiger charge is -2.28. The Balaban J connectivity index is 1.55. The third kappa shape index (κ3) is 3.74. The first-order chi connectivity index (χ1) is 13.7. The molecule has 1 unspecified atom stereocenters. The Morgan fingerprint density at radius 3 is 2.50 bits per heavy atom. The molecule has 0 spiro atoms. The van der Waals surface area contributed by atoms with Crippen LogP contribution in [0.3, 0.4) is 0 Å². The number of hydrogen-bond donors (Lipinski definition) is 0. The van der Waals surface area contributed by atoms with Crippen LogP contribution < -0.4 is 4.74 Å². The number of aromatic nitrogens is 2. The van der Waals surface area contributed by atoms with E-state index in [4.69, 9.17) is 4.74 Å². The average molecular weight is 373 g/mol. The van der Waals surface area contributed by atoms with Gasteiger partial charge in [-0.2, -0.15) is 0 Å². The van der Waals surface area contributed by atoms with Crippen LogP contribution in [0.15, 0.2) is 66.9 Å². The molecule has 1 amide bonds. The molecule has 0 bridgehead atoms. The van der Waals surface area contributed by atoms with Crippen LogP contribution in [0, 0.1) is 5.92 Å². The minimum atomic E-state index is 0.00713. The van der Waals surface area contributed by atoms with Crippen molar-refractivity contribution >= 4 is 5.91 Å². The van der Waals surface area contributed by atoms with Crippen molar-refractivity contribution in [3.63, 3.8) is 0 Å². The summed E-state index contributed by atoms with van der Waals surface area (Å²) in [5, 5.41) is 0. The summed E-state index contributed by atoms with van der Waals surface area (Å²) in [7, 11) is 3.47. The second kappa shape index (κ2) is 7.80. The second-order valence-electron chi connectivity index (χ2n) is 7.10. The van der Waals surface area contributed by atoms with Crippen LogP contribution in [-0.2, 0) is 0 Å². The number of pyridine rings is 2. The Morgan fingerprint density at radius 2 is 1.86 bits per heavy atom. The van der Waals surface area contributed by atoms with Gasteiger partial charge in [-0.25, -0.2) is 4.98 Å². The standard InChI is InChI=1S/C23H23N3O2/c1-26(22(17-11-12-17)20-6-3-4-15-24-20)23(27)18-13-9-16(10-14-18)19-7-5-8-21(25-19)28-2/h3-10,13-15,17,22H,11-12H2,1-2H3. The summed E-state index contributed by atoms with van der Waals surface area (Å²) in [6.45, 7) is 0. The number of amides is 1.